The highest BCUT2D eigenvalue weighted by Crippen LogP contribution is 2.28. The van der Waals surface area contributed by atoms with Crippen molar-refractivity contribution in [2.24, 2.45) is 11.7 Å². The molecule has 136 valence electrons. The van der Waals surface area contributed by atoms with Crippen molar-refractivity contribution in [1.29, 1.82) is 0 Å². The zero-order chi connectivity index (χ0) is 17.2. The second-order valence-corrected chi connectivity index (χ2v) is 7.93. The van der Waals surface area contributed by atoms with Crippen LogP contribution < -0.4 is 5.73 Å². The molecule has 1 fully saturated rings. The van der Waals surface area contributed by atoms with Gasteiger partial charge in [0.1, 0.15) is 0 Å². The molecule has 1 aromatic carbocycles. The summed E-state index contributed by atoms with van der Waals surface area (Å²) in [6.45, 7) is 4.50. The van der Waals surface area contributed by atoms with Gasteiger partial charge in [0, 0.05) is 19.1 Å². The van der Waals surface area contributed by atoms with Gasteiger partial charge in [0.25, 0.3) is 0 Å². The molecule has 1 saturated heterocycles. The molecule has 0 aliphatic carbocycles. The van der Waals surface area contributed by atoms with Gasteiger partial charge >= 0.3 is 5.97 Å². The summed E-state index contributed by atoms with van der Waals surface area (Å²) >= 11 is 0. The molecule has 1 unspecified atom stereocenters. The fourth-order valence-corrected chi connectivity index (χ4v) is 4.72. The molecule has 24 heavy (non-hydrogen) atoms. The number of esters is 1. The Morgan fingerprint density at radius 1 is 1.33 bits per heavy atom. The third-order valence-electron chi connectivity index (χ3n) is 4.55. The molecule has 0 amide bonds. The lowest BCUT2D eigenvalue weighted by Gasteiger charge is -2.33. The van der Waals surface area contributed by atoms with Gasteiger partial charge in [0.05, 0.1) is 17.6 Å². The highest BCUT2D eigenvalue weighted by Gasteiger charge is 2.32. The maximum absolute atomic E-state index is 12.9. The van der Waals surface area contributed by atoms with E-state index < -0.39 is 16.0 Å². The summed E-state index contributed by atoms with van der Waals surface area (Å²) in [4.78, 5) is 11.9. The largest absolute Gasteiger partial charge is 0.465 e. The van der Waals surface area contributed by atoms with Crippen LogP contribution in [0.4, 0.5) is 0 Å². The van der Waals surface area contributed by atoms with Crippen LogP contribution in [0.5, 0.6) is 0 Å². The van der Waals surface area contributed by atoms with E-state index in [1.165, 1.54) is 17.5 Å². The van der Waals surface area contributed by atoms with Crippen LogP contribution in [0.15, 0.2) is 23.1 Å². The number of halogens is 1. The predicted molar refractivity (Wildman–Crippen MR) is 94.9 cm³/mol. The Kier molecular flexibility index (Phi) is 7.22. The lowest BCUT2D eigenvalue weighted by molar-refractivity contribution is 0.0599. The minimum absolute atomic E-state index is 0. The van der Waals surface area contributed by atoms with Crippen molar-refractivity contribution >= 4 is 28.4 Å². The Morgan fingerprint density at radius 3 is 2.42 bits per heavy atom. The van der Waals surface area contributed by atoms with E-state index in [4.69, 9.17) is 10.5 Å². The molecule has 1 aliphatic rings. The third-order valence-corrected chi connectivity index (χ3v) is 6.59. The SMILES string of the molecule is COC(=O)c1cccc(S(=O)(=O)N2CCC(C(C)N)CC2)c1C.Cl. The number of nitrogens with two attached hydrogens (primary N) is 1. The van der Waals surface area contributed by atoms with E-state index >= 15 is 0 Å². The number of carbonyl (C=O) groups is 1. The fraction of sp³-hybridized carbons (Fsp3) is 0.562. The van der Waals surface area contributed by atoms with Gasteiger partial charge in [-0.2, -0.15) is 4.31 Å². The number of methoxy groups -OCH3 is 1. The number of rotatable bonds is 4. The van der Waals surface area contributed by atoms with Crippen molar-refractivity contribution < 1.29 is 17.9 Å². The zero-order valence-electron chi connectivity index (χ0n) is 14.2. The monoisotopic (exact) mass is 376 g/mol. The van der Waals surface area contributed by atoms with Crippen molar-refractivity contribution in [1.82, 2.24) is 4.31 Å². The number of carbonyl (C=O) groups excluding carboxylic acids is 1. The fourth-order valence-electron chi connectivity index (χ4n) is 3.01. The van der Waals surface area contributed by atoms with E-state index in [-0.39, 0.29) is 28.9 Å². The Bertz CT molecular complexity index is 683. The molecule has 2 rings (SSSR count). The van der Waals surface area contributed by atoms with Gasteiger partial charge in [0.2, 0.25) is 10.0 Å². The second-order valence-electron chi connectivity index (χ2n) is 6.02. The van der Waals surface area contributed by atoms with Gasteiger partial charge in [0.15, 0.2) is 0 Å². The van der Waals surface area contributed by atoms with E-state index in [2.05, 4.69) is 0 Å². The Balaban J connectivity index is 0.00000288. The highest BCUT2D eigenvalue weighted by molar-refractivity contribution is 7.89. The smallest absolute Gasteiger partial charge is 0.338 e. The number of nitrogens with zero attached hydrogens (tertiary/aromatic N) is 1. The van der Waals surface area contributed by atoms with Crippen LogP contribution in [0, 0.1) is 12.8 Å². The number of hydrogen-bond acceptors (Lipinski definition) is 5. The van der Waals surface area contributed by atoms with Crippen molar-refractivity contribution in [3.8, 4) is 0 Å². The summed E-state index contributed by atoms with van der Waals surface area (Å²) in [5, 5.41) is 0. The minimum Gasteiger partial charge on any atom is -0.465 e. The van der Waals surface area contributed by atoms with Crippen LogP contribution >= 0.6 is 12.4 Å². The van der Waals surface area contributed by atoms with Crippen molar-refractivity contribution in [2.75, 3.05) is 20.2 Å². The van der Waals surface area contributed by atoms with E-state index in [1.807, 2.05) is 6.92 Å². The van der Waals surface area contributed by atoms with Crippen LogP contribution in [-0.2, 0) is 14.8 Å². The predicted octanol–water partition coefficient (Wildman–Crippen LogP) is 1.95. The van der Waals surface area contributed by atoms with Crippen molar-refractivity contribution in [2.45, 2.75) is 37.6 Å². The summed E-state index contributed by atoms with van der Waals surface area (Å²) in [5.74, 6) is -0.181. The Hall–Kier alpha value is -1.15. The standard InChI is InChI=1S/C16H24N2O4S.ClH/c1-11-14(16(19)22-3)5-4-6-15(11)23(20,21)18-9-7-13(8-10-18)12(2)17;/h4-6,12-13H,7-10,17H2,1-3H3;1H. The van der Waals surface area contributed by atoms with Gasteiger partial charge < -0.3 is 10.5 Å². The van der Waals surface area contributed by atoms with Gasteiger partial charge in [-0.05, 0) is 50.3 Å². The minimum atomic E-state index is -3.62. The maximum Gasteiger partial charge on any atom is 0.338 e. The van der Waals surface area contributed by atoms with E-state index in [0.29, 0.717) is 24.6 Å². The van der Waals surface area contributed by atoms with E-state index in [9.17, 15) is 13.2 Å². The summed E-state index contributed by atoms with van der Waals surface area (Å²) in [6.07, 6.45) is 1.51. The molecule has 0 radical (unpaired) electrons. The van der Waals surface area contributed by atoms with Crippen LogP contribution in [0.1, 0.15) is 35.7 Å². The maximum atomic E-state index is 12.9. The molecule has 0 saturated carbocycles. The molecule has 2 N–H and O–H groups in total. The summed E-state index contributed by atoms with van der Waals surface area (Å²) in [7, 11) is -2.34. The first-order valence-electron chi connectivity index (χ1n) is 7.72. The number of ether oxygens (including phenoxy) is 1. The molecule has 8 heteroatoms. The first kappa shape index (κ1) is 20.9. The van der Waals surface area contributed by atoms with Gasteiger partial charge in [-0.1, -0.05) is 6.07 Å². The summed E-state index contributed by atoms with van der Waals surface area (Å²) in [5.41, 5.74) is 6.61. The first-order chi connectivity index (χ1) is 10.8. The van der Waals surface area contributed by atoms with Crippen LogP contribution in [0.2, 0.25) is 0 Å². The summed E-state index contributed by atoms with van der Waals surface area (Å²) < 4.78 is 32.0. The number of piperidine rings is 1. The van der Waals surface area contributed by atoms with Crippen molar-refractivity contribution in [3.63, 3.8) is 0 Å². The van der Waals surface area contributed by atoms with Gasteiger partial charge in [-0.25, -0.2) is 13.2 Å². The summed E-state index contributed by atoms with van der Waals surface area (Å²) in [6, 6.07) is 4.75. The molecule has 1 aliphatic heterocycles. The molecule has 1 aromatic rings. The highest BCUT2D eigenvalue weighted by atomic mass is 35.5. The zero-order valence-corrected chi connectivity index (χ0v) is 15.8. The molecule has 1 heterocycles. The van der Waals surface area contributed by atoms with E-state index in [0.717, 1.165) is 12.8 Å². The molecule has 0 bridgehead atoms. The topological polar surface area (TPSA) is 89.7 Å². The lowest BCUT2D eigenvalue weighted by Crippen LogP contribution is -2.42. The molecule has 0 spiro atoms. The average Bonchev–Trinajstić information content (AvgIpc) is 2.54. The first-order valence-corrected chi connectivity index (χ1v) is 9.16. The number of hydrogen-bond donors (Lipinski definition) is 1. The van der Waals surface area contributed by atoms with Crippen molar-refractivity contribution in [3.05, 3.63) is 29.3 Å². The Morgan fingerprint density at radius 2 is 1.92 bits per heavy atom. The average molecular weight is 377 g/mol. The molecular formula is C16H25ClN2O4S. The molecule has 0 aromatic heterocycles. The normalized spacial score (nSPS) is 17.8. The van der Waals surface area contributed by atoms with Gasteiger partial charge in [-0.15, -0.1) is 12.4 Å². The van der Waals surface area contributed by atoms with Crippen LogP contribution in [0.3, 0.4) is 0 Å². The lowest BCUT2D eigenvalue weighted by atomic mass is 9.92. The molecule has 6 nitrogen and oxygen atoms in total. The quantitative estimate of drug-likeness (QED) is 0.811. The molecule has 1 atom stereocenters. The van der Waals surface area contributed by atoms with Crippen LogP contribution in [0.25, 0.3) is 0 Å². The second kappa shape index (κ2) is 8.29. The van der Waals surface area contributed by atoms with E-state index in [1.54, 1.807) is 19.1 Å². The number of sulfonamides is 1. The third kappa shape index (κ3) is 4.08. The van der Waals surface area contributed by atoms with Gasteiger partial charge in [-0.3, -0.25) is 0 Å². The molecular weight excluding hydrogens is 352 g/mol. The van der Waals surface area contributed by atoms with Crippen LogP contribution in [-0.4, -0.2) is 44.9 Å². The number of benzene rings is 1. The Labute approximate surface area is 149 Å².